The monoisotopic (exact) mass is 341 g/mol. The van der Waals surface area contributed by atoms with E-state index in [2.05, 4.69) is 40.8 Å². The number of ether oxygens (including phenoxy) is 1. The van der Waals surface area contributed by atoms with Crippen LogP contribution in [0.3, 0.4) is 0 Å². The number of nitrogens with zero attached hydrogens (tertiary/aromatic N) is 2. The summed E-state index contributed by atoms with van der Waals surface area (Å²) in [4.78, 5) is 16.3. The van der Waals surface area contributed by atoms with Crippen molar-refractivity contribution < 1.29 is 9.53 Å². The Balaban J connectivity index is 1.88. The van der Waals surface area contributed by atoms with Crippen LogP contribution in [0, 0.1) is 0 Å². The Morgan fingerprint density at radius 3 is 2.96 bits per heavy atom. The number of benzene rings is 1. The van der Waals surface area contributed by atoms with Gasteiger partial charge in [0.1, 0.15) is 5.82 Å². The van der Waals surface area contributed by atoms with Crippen molar-refractivity contribution in [2.75, 3.05) is 13.7 Å². The van der Waals surface area contributed by atoms with Crippen LogP contribution in [0.2, 0.25) is 0 Å². The Morgan fingerprint density at radius 2 is 2.20 bits per heavy atom. The van der Waals surface area contributed by atoms with Gasteiger partial charge in [-0.1, -0.05) is 18.2 Å². The summed E-state index contributed by atoms with van der Waals surface area (Å²) in [6.45, 7) is 5.05. The van der Waals surface area contributed by atoms with Gasteiger partial charge in [-0.25, -0.2) is 4.98 Å². The molecule has 0 aliphatic carbocycles. The van der Waals surface area contributed by atoms with Gasteiger partial charge in [0.25, 0.3) is 0 Å². The van der Waals surface area contributed by atoms with Crippen molar-refractivity contribution in [1.29, 1.82) is 0 Å². The minimum atomic E-state index is -0.113. The Hall–Kier alpha value is -2.14. The molecule has 0 radical (unpaired) electrons. The summed E-state index contributed by atoms with van der Waals surface area (Å²) in [7, 11) is 1.68. The van der Waals surface area contributed by atoms with E-state index in [0.29, 0.717) is 18.8 Å². The maximum absolute atomic E-state index is 11.6. The Labute approximate surface area is 149 Å². The lowest BCUT2D eigenvalue weighted by atomic mass is 9.87. The number of hydrogen-bond donors (Lipinski definition) is 1. The zero-order valence-electron chi connectivity index (χ0n) is 15.3. The van der Waals surface area contributed by atoms with Crippen LogP contribution in [0.4, 0.5) is 0 Å². The van der Waals surface area contributed by atoms with Crippen molar-refractivity contribution in [2.24, 2.45) is 0 Å². The van der Waals surface area contributed by atoms with Crippen LogP contribution in [0.1, 0.15) is 50.4 Å². The van der Waals surface area contributed by atoms with E-state index in [1.165, 1.54) is 0 Å². The van der Waals surface area contributed by atoms with Gasteiger partial charge in [0, 0.05) is 44.1 Å². The van der Waals surface area contributed by atoms with Gasteiger partial charge in [-0.3, -0.25) is 4.79 Å². The molecule has 1 amide bonds. The highest BCUT2D eigenvalue weighted by Crippen LogP contribution is 2.36. The number of hydrogen-bond acceptors (Lipinski definition) is 3. The molecule has 0 bridgehead atoms. The van der Waals surface area contributed by atoms with Crippen LogP contribution in [0.5, 0.6) is 0 Å². The minimum absolute atomic E-state index is 0.0619. The van der Waals surface area contributed by atoms with Crippen LogP contribution < -0.4 is 5.32 Å². The Bertz CT molecular complexity index is 736. The lowest BCUT2D eigenvalue weighted by molar-refractivity contribution is -0.120. The van der Waals surface area contributed by atoms with Gasteiger partial charge in [0.05, 0.1) is 5.60 Å². The number of aromatic nitrogens is 2. The normalized spacial score (nSPS) is 19.6. The summed E-state index contributed by atoms with van der Waals surface area (Å²) in [5.41, 5.74) is 2.16. The molecule has 1 fully saturated rings. The molecule has 1 atom stereocenters. The van der Waals surface area contributed by atoms with Crippen LogP contribution >= 0.6 is 0 Å². The topological polar surface area (TPSA) is 56.2 Å². The van der Waals surface area contributed by atoms with E-state index in [1.54, 1.807) is 7.05 Å². The summed E-state index contributed by atoms with van der Waals surface area (Å²) in [6, 6.07) is 8.26. The molecule has 1 N–H and O–H groups in total. The first kappa shape index (κ1) is 17.7. The second kappa shape index (κ2) is 7.40. The summed E-state index contributed by atoms with van der Waals surface area (Å²) in [5, 5.41) is 2.69. The molecular formula is C20H27N3O2. The fourth-order valence-corrected chi connectivity index (χ4v) is 3.60. The van der Waals surface area contributed by atoms with E-state index in [4.69, 9.17) is 4.74 Å². The highest BCUT2D eigenvalue weighted by molar-refractivity contribution is 5.75. The van der Waals surface area contributed by atoms with Crippen LogP contribution in [-0.2, 0) is 16.0 Å². The van der Waals surface area contributed by atoms with E-state index in [0.717, 1.165) is 36.5 Å². The van der Waals surface area contributed by atoms with Gasteiger partial charge >= 0.3 is 0 Å². The van der Waals surface area contributed by atoms with Gasteiger partial charge in [0.2, 0.25) is 5.91 Å². The first-order valence-electron chi connectivity index (χ1n) is 8.96. The summed E-state index contributed by atoms with van der Waals surface area (Å²) >= 11 is 0. The maximum Gasteiger partial charge on any atom is 0.220 e. The number of para-hydroxylation sites is 1. The van der Waals surface area contributed by atoms with Gasteiger partial charge in [-0.2, -0.15) is 0 Å². The van der Waals surface area contributed by atoms with Crippen LogP contribution in [0.15, 0.2) is 36.7 Å². The van der Waals surface area contributed by atoms with Crippen molar-refractivity contribution in [3.05, 3.63) is 48.0 Å². The molecule has 0 saturated carbocycles. The number of rotatable bonds is 5. The third-order valence-electron chi connectivity index (χ3n) is 4.88. The summed E-state index contributed by atoms with van der Waals surface area (Å²) in [6.07, 6.45) is 7.05. The summed E-state index contributed by atoms with van der Waals surface area (Å²) < 4.78 is 8.04. The molecule has 5 nitrogen and oxygen atoms in total. The minimum Gasteiger partial charge on any atom is -0.376 e. The second-order valence-corrected chi connectivity index (χ2v) is 7.26. The third kappa shape index (κ3) is 4.10. The standard InChI is InChI=1S/C20H27N3O2/c1-20(2)14-16(10-13-25-20)19-22-11-12-23(19)17-7-5-4-6-15(17)8-9-18(24)21-3/h4-7,11-12,16H,8-10,13-14H2,1-3H3,(H,21,24)/t16-/m1/s1. The van der Waals surface area contributed by atoms with Gasteiger partial charge in [0.15, 0.2) is 0 Å². The summed E-state index contributed by atoms with van der Waals surface area (Å²) in [5.74, 6) is 1.53. The molecule has 2 aromatic rings. The average Bonchev–Trinajstić information content (AvgIpc) is 3.08. The third-order valence-corrected chi connectivity index (χ3v) is 4.88. The van der Waals surface area contributed by atoms with Crippen molar-refractivity contribution in [3.63, 3.8) is 0 Å². The van der Waals surface area contributed by atoms with Crippen molar-refractivity contribution in [2.45, 2.75) is 51.0 Å². The number of carbonyl (C=O) groups is 1. The molecule has 3 rings (SSSR count). The van der Waals surface area contributed by atoms with Gasteiger partial charge in [-0.15, -0.1) is 0 Å². The fraction of sp³-hybridized carbons (Fsp3) is 0.500. The second-order valence-electron chi connectivity index (χ2n) is 7.26. The molecule has 5 heteroatoms. The molecule has 1 aliphatic rings. The van der Waals surface area contributed by atoms with Crippen LogP contribution in [0.25, 0.3) is 5.69 Å². The molecule has 2 heterocycles. The average molecular weight is 341 g/mol. The highest BCUT2D eigenvalue weighted by atomic mass is 16.5. The zero-order valence-corrected chi connectivity index (χ0v) is 15.3. The molecule has 1 aromatic heterocycles. The highest BCUT2D eigenvalue weighted by Gasteiger charge is 2.32. The molecule has 0 spiro atoms. The van der Waals surface area contributed by atoms with E-state index >= 15 is 0 Å². The molecule has 134 valence electrons. The molecule has 0 unspecified atom stereocenters. The maximum atomic E-state index is 11.6. The SMILES string of the molecule is CNC(=O)CCc1ccccc1-n1ccnc1[C@@H]1CCOC(C)(C)C1. The molecule has 25 heavy (non-hydrogen) atoms. The number of nitrogens with one attached hydrogen (secondary N) is 1. The first-order chi connectivity index (χ1) is 12.0. The van der Waals surface area contributed by atoms with E-state index in [-0.39, 0.29) is 11.5 Å². The van der Waals surface area contributed by atoms with Crippen molar-refractivity contribution in [3.8, 4) is 5.69 Å². The van der Waals surface area contributed by atoms with E-state index < -0.39 is 0 Å². The molecular weight excluding hydrogens is 314 g/mol. The predicted molar refractivity (Wildman–Crippen MR) is 98.0 cm³/mol. The van der Waals surface area contributed by atoms with Crippen molar-refractivity contribution in [1.82, 2.24) is 14.9 Å². The number of aryl methyl sites for hydroxylation is 1. The van der Waals surface area contributed by atoms with E-state index in [1.807, 2.05) is 24.5 Å². The number of carbonyl (C=O) groups excluding carboxylic acids is 1. The molecule has 1 aliphatic heterocycles. The lowest BCUT2D eigenvalue weighted by Crippen LogP contribution is -2.33. The quantitative estimate of drug-likeness (QED) is 0.908. The van der Waals surface area contributed by atoms with Crippen molar-refractivity contribution >= 4 is 5.91 Å². The van der Waals surface area contributed by atoms with E-state index in [9.17, 15) is 4.79 Å². The molecule has 1 saturated heterocycles. The zero-order chi connectivity index (χ0) is 17.9. The smallest absolute Gasteiger partial charge is 0.220 e. The van der Waals surface area contributed by atoms with Gasteiger partial charge < -0.3 is 14.6 Å². The predicted octanol–water partition coefficient (Wildman–Crippen LogP) is 3.22. The number of amides is 1. The van der Waals surface area contributed by atoms with Gasteiger partial charge in [-0.05, 0) is 44.7 Å². The fourth-order valence-electron chi connectivity index (χ4n) is 3.60. The largest absolute Gasteiger partial charge is 0.376 e. The van der Waals surface area contributed by atoms with Crippen LogP contribution in [-0.4, -0.2) is 34.7 Å². The molecule has 1 aromatic carbocycles. The Kier molecular flexibility index (Phi) is 5.23. The first-order valence-corrected chi connectivity index (χ1v) is 8.96. The Morgan fingerprint density at radius 1 is 1.40 bits per heavy atom. The lowest BCUT2D eigenvalue weighted by Gasteiger charge is -2.35. The number of imidazole rings is 1.